The fourth-order valence-corrected chi connectivity index (χ4v) is 2.84. The number of halogens is 1. The molecule has 0 saturated heterocycles. The number of nitrogens with one attached hydrogen (secondary N) is 2. The van der Waals surface area contributed by atoms with Crippen LogP contribution in [0.25, 0.3) is 10.6 Å². The lowest BCUT2D eigenvalue weighted by Gasteiger charge is -2.04. The number of nitrogens with zero attached hydrogens (tertiary/aromatic N) is 2. The summed E-state index contributed by atoms with van der Waals surface area (Å²) >= 11 is 5.10. The van der Waals surface area contributed by atoms with E-state index >= 15 is 0 Å². The molecule has 0 bridgehead atoms. The van der Waals surface area contributed by atoms with Gasteiger partial charge in [0.05, 0.1) is 8.66 Å². The molecule has 0 fully saturated rings. The van der Waals surface area contributed by atoms with Gasteiger partial charge in [-0.25, -0.2) is 0 Å². The Morgan fingerprint density at radius 2 is 2.06 bits per heavy atom. The smallest absolute Gasteiger partial charge is 0.148 e. The first-order chi connectivity index (χ1) is 8.79. The maximum Gasteiger partial charge on any atom is 0.148 e. The third-order valence-corrected chi connectivity index (χ3v) is 4.05. The molecule has 2 rings (SSSR count). The third kappa shape index (κ3) is 3.76. The zero-order chi connectivity index (χ0) is 12.8. The molecule has 96 valence electrons. The van der Waals surface area contributed by atoms with Crippen molar-refractivity contribution in [2.24, 2.45) is 0 Å². The van der Waals surface area contributed by atoms with Crippen molar-refractivity contribution < 1.29 is 0 Å². The normalized spacial score (nSPS) is 10.6. The lowest BCUT2D eigenvalue weighted by Crippen LogP contribution is -2.13. The second-order valence-corrected chi connectivity index (χ2v) is 6.25. The van der Waals surface area contributed by atoms with Crippen LogP contribution in [0, 0.1) is 0 Å². The average Bonchev–Trinajstić information content (AvgIpc) is 2.82. The summed E-state index contributed by atoms with van der Waals surface area (Å²) in [5.41, 5.74) is 0.909. The molecule has 0 spiro atoms. The zero-order valence-electron chi connectivity index (χ0n) is 10.1. The monoisotopic (exact) mass is 326 g/mol. The molecule has 6 heteroatoms. The Morgan fingerprint density at radius 1 is 1.17 bits per heavy atom. The summed E-state index contributed by atoms with van der Waals surface area (Å²) in [6.07, 6.45) is 1.07. The van der Waals surface area contributed by atoms with Gasteiger partial charge in [-0.1, -0.05) is 0 Å². The van der Waals surface area contributed by atoms with Crippen LogP contribution in [0.1, 0.15) is 6.42 Å². The topological polar surface area (TPSA) is 49.8 Å². The Bertz CT molecular complexity index is 483. The molecule has 18 heavy (non-hydrogen) atoms. The van der Waals surface area contributed by atoms with E-state index in [9.17, 15) is 0 Å². The molecule has 2 aromatic heterocycles. The second-order valence-electron chi connectivity index (χ2n) is 3.79. The van der Waals surface area contributed by atoms with Crippen LogP contribution in [0.3, 0.4) is 0 Å². The van der Waals surface area contributed by atoms with Crippen LogP contribution in [0.15, 0.2) is 28.1 Å². The van der Waals surface area contributed by atoms with E-state index in [1.807, 2.05) is 31.3 Å². The van der Waals surface area contributed by atoms with Crippen molar-refractivity contribution in [2.45, 2.75) is 6.42 Å². The summed E-state index contributed by atoms with van der Waals surface area (Å²) in [6.45, 7) is 1.90. The predicted molar refractivity (Wildman–Crippen MR) is 80.1 cm³/mol. The van der Waals surface area contributed by atoms with Crippen molar-refractivity contribution in [1.82, 2.24) is 15.5 Å². The molecule has 0 atom stereocenters. The summed E-state index contributed by atoms with van der Waals surface area (Å²) in [4.78, 5) is 1.12. The van der Waals surface area contributed by atoms with Crippen LogP contribution >= 0.6 is 27.3 Å². The number of aromatic nitrogens is 2. The van der Waals surface area contributed by atoms with Gasteiger partial charge in [0.2, 0.25) is 0 Å². The molecule has 0 unspecified atom stereocenters. The lowest BCUT2D eigenvalue weighted by molar-refractivity contribution is 0.746. The fourth-order valence-electron chi connectivity index (χ4n) is 1.49. The molecule has 0 aromatic carbocycles. The number of thiophene rings is 1. The minimum Gasteiger partial charge on any atom is -0.369 e. The maximum absolute atomic E-state index is 4.22. The van der Waals surface area contributed by atoms with Crippen LogP contribution in [0.4, 0.5) is 5.82 Å². The predicted octanol–water partition coefficient (Wildman–Crippen LogP) is 2.99. The first-order valence-corrected chi connectivity index (χ1v) is 7.38. The van der Waals surface area contributed by atoms with Crippen molar-refractivity contribution in [3.63, 3.8) is 0 Å². The highest BCUT2D eigenvalue weighted by Crippen LogP contribution is 2.29. The summed E-state index contributed by atoms with van der Waals surface area (Å²) in [7, 11) is 1.95. The van der Waals surface area contributed by atoms with Gasteiger partial charge in [-0.2, -0.15) is 0 Å². The molecule has 2 aromatic rings. The number of hydrogen-bond donors (Lipinski definition) is 2. The van der Waals surface area contributed by atoms with Crippen LogP contribution in [0.2, 0.25) is 0 Å². The van der Waals surface area contributed by atoms with E-state index in [4.69, 9.17) is 0 Å². The molecule has 0 aliphatic carbocycles. The van der Waals surface area contributed by atoms with Gasteiger partial charge in [0.1, 0.15) is 11.5 Å². The van der Waals surface area contributed by atoms with E-state index in [0.29, 0.717) is 0 Å². The molecule has 2 N–H and O–H groups in total. The summed E-state index contributed by atoms with van der Waals surface area (Å²) in [5.74, 6) is 0.825. The van der Waals surface area contributed by atoms with Gasteiger partial charge in [0.15, 0.2) is 0 Å². The highest BCUT2D eigenvalue weighted by atomic mass is 79.9. The van der Waals surface area contributed by atoms with E-state index in [1.54, 1.807) is 11.3 Å². The zero-order valence-corrected chi connectivity index (χ0v) is 12.5. The van der Waals surface area contributed by atoms with Gasteiger partial charge >= 0.3 is 0 Å². The molecule has 0 amide bonds. The molecule has 2 heterocycles. The van der Waals surface area contributed by atoms with Gasteiger partial charge < -0.3 is 10.6 Å². The summed E-state index contributed by atoms with van der Waals surface area (Å²) in [6, 6.07) is 8.02. The van der Waals surface area contributed by atoms with Crippen molar-refractivity contribution in [3.8, 4) is 10.6 Å². The summed E-state index contributed by atoms with van der Waals surface area (Å²) in [5, 5.41) is 14.7. The Hall–Kier alpha value is -0.980. The van der Waals surface area contributed by atoms with E-state index in [2.05, 4.69) is 36.8 Å². The Labute approximate surface area is 119 Å². The number of rotatable bonds is 6. The van der Waals surface area contributed by atoms with E-state index in [0.717, 1.165) is 39.7 Å². The van der Waals surface area contributed by atoms with E-state index < -0.39 is 0 Å². The molecule has 0 saturated carbocycles. The molecular formula is C12H15BrN4S. The minimum atomic E-state index is 0.825. The highest BCUT2D eigenvalue weighted by molar-refractivity contribution is 9.11. The average molecular weight is 327 g/mol. The van der Waals surface area contributed by atoms with Gasteiger partial charge in [-0.05, 0) is 60.2 Å². The molecule has 4 nitrogen and oxygen atoms in total. The van der Waals surface area contributed by atoms with Crippen LogP contribution in [0.5, 0.6) is 0 Å². The first-order valence-electron chi connectivity index (χ1n) is 5.77. The van der Waals surface area contributed by atoms with Crippen molar-refractivity contribution in [3.05, 3.63) is 28.1 Å². The molecule has 0 radical (unpaired) electrons. The minimum absolute atomic E-state index is 0.825. The van der Waals surface area contributed by atoms with Crippen LogP contribution in [-0.2, 0) is 0 Å². The molecule has 0 aliphatic rings. The highest BCUT2D eigenvalue weighted by Gasteiger charge is 2.03. The number of anilines is 1. The SMILES string of the molecule is CNCCCNc1ccc(-c2ccc(Br)s2)nn1. The first kappa shape index (κ1) is 13.5. The largest absolute Gasteiger partial charge is 0.369 e. The third-order valence-electron chi connectivity index (χ3n) is 2.40. The Balaban J connectivity index is 1.93. The van der Waals surface area contributed by atoms with Crippen molar-refractivity contribution in [2.75, 3.05) is 25.5 Å². The van der Waals surface area contributed by atoms with Crippen LogP contribution in [-0.4, -0.2) is 30.3 Å². The van der Waals surface area contributed by atoms with Gasteiger partial charge in [0.25, 0.3) is 0 Å². The van der Waals surface area contributed by atoms with Gasteiger partial charge in [-0.3, -0.25) is 0 Å². The Morgan fingerprint density at radius 3 is 2.67 bits per heavy atom. The quantitative estimate of drug-likeness (QED) is 0.801. The van der Waals surface area contributed by atoms with Crippen molar-refractivity contribution >= 4 is 33.1 Å². The summed E-state index contributed by atoms with van der Waals surface area (Å²) < 4.78 is 1.11. The van der Waals surface area contributed by atoms with Gasteiger partial charge in [-0.15, -0.1) is 21.5 Å². The number of hydrogen-bond acceptors (Lipinski definition) is 5. The maximum atomic E-state index is 4.22. The fraction of sp³-hybridized carbons (Fsp3) is 0.333. The molecular weight excluding hydrogens is 312 g/mol. The van der Waals surface area contributed by atoms with E-state index in [1.165, 1.54) is 0 Å². The van der Waals surface area contributed by atoms with E-state index in [-0.39, 0.29) is 0 Å². The lowest BCUT2D eigenvalue weighted by atomic mass is 10.3. The standard InChI is InChI=1S/C12H15BrN4S/c1-14-7-2-8-15-12-6-3-9(16-17-12)10-4-5-11(13)18-10/h3-6,14H,2,7-8H2,1H3,(H,15,17). The Kier molecular flexibility index (Phi) is 5.10. The molecule has 0 aliphatic heterocycles. The van der Waals surface area contributed by atoms with Crippen LogP contribution < -0.4 is 10.6 Å². The van der Waals surface area contributed by atoms with Gasteiger partial charge in [0, 0.05) is 6.54 Å². The van der Waals surface area contributed by atoms with Crippen molar-refractivity contribution in [1.29, 1.82) is 0 Å². The second kappa shape index (κ2) is 6.82.